The van der Waals surface area contributed by atoms with Crippen molar-refractivity contribution in [1.29, 1.82) is 0 Å². The van der Waals surface area contributed by atoms with Crippen LogP contribution in [0.4, 0.5) is 0 Å². The van der Waals surface area contributed by atoms with Gasteiger partial charge in [-0.3, -0.25) is 4.98 Å². The fraction of sp³-hybridized carbons (Fsp3) is 0.267. The van der Waals surface area contributed by atoms with Gasteiger partial charge in [0.2, 0.25) is 0 Å². The smallest absolute Gasteiger partial charge is 0.0299 e. The number of aromatic nitrogens is 1. The van der Waals surface area contributed by atoms with Gasteiger partial charge >= 0.3 is 0 Å². The maximum absolute atomic E-state index is 4.11. The minimum atomic E-state index is 0.952. The number of nitrogens with one attached hydrogen (secondary N) is 1. The summed E-state index contributed by atoms with van der Waals surface area (Å²) in [5.74, 6) is 0. The van der Waals surface area contributed by atoms with E-state index < -0.39 is 0 Å². The summed E-state index contributed by atoms with van der Waals surface area (Å²) >= 11 is 0. The third-order valence-corrected chi connectivity index (χ3v) is 2.71. The number of aryl methyl sites for hydroxylation is 1. The van der Waals surface area contributed by atoms with E-state index in [9.17, 15) is 0 Å². The summed E-state index contributed by atoms with van der Waals surface area (Å²) in [5.41, 5.74) is 2.66. The van der Waals surface area contributed by atoms with Gasteiger partial charge < -0.3 is 5.32 Å². The molecule has 2 nitrogen and oxygen atoms in total. The van der Waals surface area contributed by atoms with E-state index in [2.05, 4.69) is 40.6 Å². The molecule has 0 bridgehead atoms. The minimum absolute atomic E-state index is 0.952. The molecule has 1 N–H and O–H groups in total. The number of rotatable bonds is 6. The maximum Gasteiger partial charge on any atom is 0.0299 e. The van der Waals surface area contributed by atoms with E-state index in [-0.39, 0.29) is 0 Å². The van der Waals surface area contributed by atoms with Gasteiger partial charge in [0.05, 0.1) is 0 Å². The first-order chi connectivity index (χ1) is 8.45. The van der Waals surface area contributed by atoms with Crippen molar-refractivity contribution in [3.63, 3.8) is 0 Å². The summed E-state index contributed by atoms with van der Waals surface area (Å²) in [6, 6.07) is 14.6. The number of benzene rings is 1. The Hall–Kier alpha value is -1.67. The molecule has 0 saturated heterocycles. The van der Waals surface area contributed by atoms with Crippen LogP contribution in [0, 0.1) is 0 Å². The molecule has 0 aliphatic carbocycles. The molecule has 0 radical (unpaired) electrons. The highest BCUT2D eigenvalue weighted by Crippen LogP contribution is 2.00. The van der Waals surface area contributed by atoms with Crippen LogP contribution in [0.3, 0.4) is 0 Å². The molecule has 0 unspecified atom stereocenters. The second kappa shape index (κ2) is 6.81. The Bertz CT molecular complexity index is 370. The molecule has 0 aliphatic heterocycles. The highest BCUT2D eigenvalue weighted by molar-refractivity contribution is 5.14. The van der Waals surface area contributed by atoms with Gasteiger partial charge in [0.15, 0.2) is 0 Å². The third kappa shape index (κ3) is 4.37. The molecule has 2 rings (SSSR count). The van der Waals surface area contributed by atoms with Gasteiger partial charge in [0.25, 0.3) is 0 Å². The summed E-state index contributed by atoms with van der Waals surface area (Å²) in [5, 5.41) is 3.45. The molecule has 0 fully saturated rings. The number of hydrogen-bond acceptors (Lipinski definition) is 2. The lowest BCUT2D eigenvalue weighted by Crippen LogP contribution is -2.15. The van der Waals surface area contributed by atoms with E-state index in [0.717, 1.165) is 25.9 Å². The summed E-state index contributed by atoms with van der Waals surface area (Å²) in [6.45, 7) is 2.00. The largest absolute Gasteiger partial charge is 0.313 e. The molecule has 0 spiro atoms. The van der Waals surface area contributed by atoms with E-state index in [0.29, 0.717) is 0 Å². The van der Waals surface area contributed by atoms with Crippen LogP contribution in [0.1, 0.15) is 17.5 Å². The average molecular weight is 226 g/mol. The van der Waals surface area contributed by atoms with Crippen molar-refractivity contribution >= 4 is 0 Å². The molecule has 2 aromatic rings. The monoisotopic (exact) mass is 226 g/mol. The van der Waals surface area contributed by atoms with Gasteiger partial charge in [-0.05, 0) is 36.6 Å². The Balaban J connectivity index is 1.61. The first-order valence-electron chi connectivity index (χ1n) is 6.09. The van der Waals surface area contributed by atoms with Gasteiger partial charge in [-0.15, -0.1) is 0 Å². The van der Waals surface area contributed by atoms with E-state index >= 15 is 0 Å². The molecule has 0 aliphatic rings. The second-order valence-corrected chi connectivity index (χ2v) is 4.13. The highest BCUT2D eigenvalue weighted by Gasteiger charge is 1.93. The lowest BCUT2D eigenvalue weighted by atomic mass is 10.1. The van der Waals surface area contributed by atoms with Crippen molar-refractivity contribution in [2.45, 2.75) is 19.4 Å². The van der Waals surface area contributed by atoms with E-state index in [1.165, 1.54) is 11.1 Å². The Morgan fingerprint density at radius 3 is 2.53 bits per heavy atom. The number of hydrogen-bond donors (Lipinski definition) is 1. The van der Waals surface area contributed by atoms with Crippen molar-refractivity contribution < 1.29 is 0 Å². The minimum Gasteiger partial charge on any atom is -0.313 e. The Morgan fingerprint density at radius 1 is 0.941 bits per heavy atom. The van der Waals surface area contributed by atoms with E-state index in [1.54, 1.807) is 0 Å². The van der Waals surface area contributed by atoms with Crippen molar-refractivity contribution in [3.05, 3.63) is 66.0 Å². The van der Waals surface area contributed by atoms with Crippen molar-refractivity contribution in [1.82, 2.24) is 10.3 Å². The maximum atomic E-state index is 4.11. The van der Waals surface area contributed by atoms with Crippen LogP contribution in [0.15, 0.2) is 54.9 Å². The zero-order valence-electron chi connectivity index (χ0n) is 9.97. The molecule has 0 amide bonds. The standard InChI is InChI=1S/C15H18N2/c1-2-6-14(7-3-1)12-16-10-4-8-15-9-5-11-17-13-15/h1-3,5-7,9,11,13,16H,4,8,10,12H2. The summed E-state index contributed by atoms with van der Waals surface area (Å²) in [7, 11) is 0. The molecule has 17 heavy (non-hydrogen) atoms. The quantitative estimate of drug-likeness (QED) is 0.766. The fourth-order valence-electron chi connectivity index (χ4n) is 1.79. The molecule has 1 aromatic heterocycles. The van der Waals surface area contributed by atoms with Gasteiger partial charge in [0, 0.05) is 18.9 Å². The molecule has 1 heterocycles. The predicted octanol–water partition coefficient (Wildman–Crippen LogP) is 2.80. The third-order valence-electron chi connectivity index (χ3n) is 2.71. The SMILES string of the molecule is c1ccc(CNCCCc2cccnc2)cc1. The molecule has 0 atom stereocenters. The topological polar surface area (TPSA) is 24.9 Å². The normalized spacial score (nSPS) is 10.4. The molecular weight excluding hydrogens is 208 g/mol. The van der Waals surface area contributed by atoms with Gasteiger partial charge in [-0.1, -0.05) is 36.4 Å². The van der Waals surface area contributed by atoms with Gasteiger partial charge in [0.1, 0.15) is 0 Å². The van der Waals surface area contributed by atoms with Crippen LogP contribution in [-0.4, -0.2) is 11.5 Å². The van der Waals surface area contributed by atoms with Crippen LogP contribution in [-0.2, 0) is 13.0 Å². The fourth-order valence-corrected chi connectivity index (χ4v) is 1.79. The number of pyridine rings is 1. The van der Waals surface area contributed by atoms with Crippen LogP contribution >= 0.6 is 0 Å². The Morgan fingerprint density at radius 2 is 1.76 bits per heavy atom. The van der Waals surface area contributed by atoms with E-state index in [1.807, 2.05) is 24.5 Å². The van der Waals surface area contributed by atoms with Crippen LogP contribution < -0.4 is 5.32 Å². The van der Waals surface area contributed by atoms with Crippen molar-refractivity contribution in [2.75, 3.05) is 6.54 Å². The zero-order valence-corrected chi connectivity index (χ0v) is 9.97. The lowest BCUT2D eigenvalue weighted by molar-refractivity contribution is 0.649. The first-order valence-corrected chi connectivity index (χ1v) is 6.09. The zero-order chi connectivity index (χ0) is 11.8. The van der Waals surface area contributed by atoms with E-state index in [4.69, 9.17) is 0 Å². The van der Waals surface area contributed by atoms with Crippen molar-refractivity contribution in [3.8, 4) is 0 Å². The Labute approximate surface area is 103 Å². The molecule has 2 heteroatoms. The van der Waals surface area contributed by atoms with Crippen LogP contribution in [0.5, 0.6) is 0 Å². The summed E-state index contributed by atoms with van der Waals surface area (Å²) in [6.07, 6.45) is 6.00. The van der Waals surface area contributed by atoms with Crippen LogP contribution in [0.25, 0.3) is 0 Å². The molecule has 1 aromatic carbocycles. The van der Waals surface area contributed by atoms with Gasteiger partial charge in [-0.2, -0.15) is 0 Å². The summed E-state index contributed by atoms with van der Waals surface area (Å²) in [4.78, 5) is 4.11. The van der Waals surface area contributed by atoms with Crippen LogP contribution in [0.2, 0.25) is 0 Å². The Kier molecular flexibility index (Phi) is 4.73. The summed E-state index contributed by atoms with van der Waals surface area (Å²) < 4.78 is 0. The lowest BCUT2D eigenvalue weighted by Gasteiger charge is -2.04. The molecule has 0 saturated carbocycles. The first kappa shape index (κ1) is 11.8. The second-order valence-electron chi connectivity index (χ2n) is 4.13. The average Bonchev–Trinajstić information content (AvgIpc) is 2.41. The van der Waals surface area contributed by atoms with Gasteiger partial charge in [-0.25, -0.2) is 0 Å². The number of nitrogens with zero attached hydrogens (tertiary/aromatic N) is 1. The molecule has 88 valence electrons. The van der Waals surface area contributed by atoms with Crippen molar-refractivity contribution in [2.24, 2.45) is 0 Å². The highest BCUT2D eigenvalue weighted by atomic mass is 14.8. The predicted molar refractivity (Wildman–Crippen MR) is 70.7 cm³/mol. The molecular formula is C15H18N2.